The molecule has 6 heteroatoms. The Morgan fingerprint density at radius 2 is 2.26 bits per heavy atom. The van der Waals surface area contributed by atoms with Crippen LogP contribution < -0.4 is 5.32 Å². The molecule has 2 aromatic heterocycles. The summed E-state index contributed by atoms with van der Waals surface area (Å²) in [7, 11) is 0. The third kappa shape index (κ3) is 2.41. The molecule has 1 amide bonds. The van der Waals surface area contributed by atoms with E-state index in [1.54, 1.807) is 12.3 Å². The van der Waals surface area contributed by atoms with Crippen molar-refractivity contribution >= 4 is 27.3 Å². The van der Waals surface area contributed by atoms with Crippen molar-refractivity contribution in [2.24, 2.45) is 5.92 Å². The van der Waals surface area contributed by atoms with E-state index in [0.29, 0.717) is 23.2 Å². The Bertz CT molecular complexity index is 799. The molecule has 5 rings (SSSR count). The lowest BCUT2D eigenvalue weighted by Crippen LogP contribution is -2.62. The molecule has 0 unspecified atom stereocenters. The van der Waals surface area contributed by atoms with E-state index < -0.39 is 0 Å². The van der Waals surface area contributed by atoms with Gasteiger partial charge in [-0.25, -0.2) is 4.98 Å². The number of hydrogen-bond donors (Lipinski definition) is 1. The Morgan fingerprint density at radius 1 is 1.48 bits per heavy atom. The lowest BCUT2D eigenvalue weighted by Gasteiger charge is -2.49. The smallest absolute Gasteiger partial charge is 0.270 e. The van der Waals surface area contributed by atoms with E-state index >= 15 is 0 Å². The first-order valence-electron chi connectivity index (χ1n) is 7.99. The number of rotatable bonds is 2. The van der Waals surface area contributed by atoms with Gasteiger partial charge in [0.1, 0.15) is 11.8 Å². The Morgan fingerprint density at radius 3 is 2.96 bits per heavy atom. The highest BCUT2D eigenvalue weighted by molar-refractivity contribution is 7.17. The van der Waals surface area contributed by atoms with Gasteiger partial charge in [0, 0.05) is 29.0 Å². The maximum absolute atomic E-state index is 12.6. The van der Waals surface area contributed by atoms with Gasteiger partial charge in [-0.1, -0.05) is 0 Å². The van der Waals surface area contributed by atoms with Crippen molar-refractivity contribution in [3.05, 3.63) is 28.9 Å². The molecule has 3 saturated heterocycles. The molecule has 0 aromatic carbocycles. The highest BCUT2D eigenvalue weighted by Gasteiger charge is 2.40. The molecule has 2 aromatic rings. The van der Waals surface area contributed by atoms with Crippen LogP contribution in [0.3, 0.4) is 0 Å². The normalized spacial score (nSPS) is 29.4. The zero-order valence-electron chi connectivity index (χ0n) is 13.0. The number of thiophene rings is 1. The first-order chi connectivity index (χ1) is 11.2. The second kappa shape index (κ2) is 5.59. The van der Waals surface area contributed by atoms with Crippen molar-refractivity contribution in [2.75, 3.05) is 13.1 Å². The maximum Gasteiger partial charge on any atom is 0.270 e. The van der Waals surface area contributed by atoms with Crippen LogP contribution in [0, 0.1) is 17.2 Å². The fourth-order valence-corrected chi connectivity index (χ4v) is 4.75. The molecule has 3 fully saturated rings. The number of carbonyl (C=O) groups excluding carboxylic acids is 1. The molecule has 0 saturated carbocycles. The Balaban J connectivity index is 1.58. The largest absolute Gasteiger partial charge is 0.346 e. The van der Waals surface area contributed by atoms with E-state index in [0.717, 1.165) is 36.0 Å². The van der Waals surface area contributed by atoms with Gasteiger partial charge >= 0.3 is 0 Å². The molecule has 0 spiro atoms. The summed E-state index contributed by atoms with van der Waals surface area (Å²) in [6, 6.07) is 4.49. The highest BCUT2D eigenvalue weighted by Crippen LogP contribution is 2.32. The minimum atomic E-state index is -0.132. The van der Waals surface area contributed by atoms with Gasteiger partial charge in [-0.05, 0) is 44.8 Å². The molecule has 3 aliphatic rings. The SMILES string of the molecule is C[C@H]1[C@H](NC(=O)c2cc3c(C#N)csc3cn2)C2CCN1CC2. The number of pyridine rings is 1. The molecular formula is C17H18N4OS. The molecule has 0 radical (unpaired) electrons. The monoisotopic (exact) mass is 326 g/mol. The summed E-state index contributed by atoms with van der Waals surface area (Å²) in [6.45, 7) is 4.48. The Labute approximate surface area is 138 Å². The van der Waals surface area contributed by atoms with Crippen LogP contribution >= 0.6 is 11.3 Å². The summed E-state index contributed by atoms with van der Waals surface area (Å²) in [6.07, 6.45) is 4.01. The minimum Gasteiger partial charge on any atom is -0.346 e. The average molecular weight is 326 g/mol. The second-order valence-electron chi connectivity index (χ2n) is 6.44. The first-order valence-corrected chi connectivity index (χ1v) is 8.87. The summed E-state index contributed by atoms with van der Waals surface area (Å²) in [4.78, 5) is 19.4. The summed E-state index contributed by atoms with van der Waals surface area (Å²) < 4.78 is 0.939. The van der Waals surface area contributed by atoms with Crippen LogP contribution in [-0.2, 0) is 0 Å². The van der Waals surface area contributed by atoms with Crippen molar-refractivity contribution in [1.82, 2.24) is 15.2 Å². The van der Waals surface area contributed by atoms with Crippen LogP contribution in [-0.4, -0.2) is 41.0 Å². The van der Waals surface area contributed by atoms with Crippen LogP contribution in [0.25, 0.3) is 10.1 Å². The fraction of sp³-hybridized carbons (Fsp3) is 0.471. The Hall–Kier alpha value is -1.97. The van der Waals surface area contributed by atoms with E-state index in [1.165, 1.54) is 11.3 Å². The second-order valence-corrected chi connectivity index (χ2v) is 7.35. The number of nitrogens with one attached hydrogen (secondary N) is 1. The molecule has 0 aliphatic carbocycles. The lowest BCUT2D eigenvalue weighted by molar-refractivity contribution is 0.0216. The molecule has 23 heavy (non-hydrogen) atoms. The van der Waals surface area contributed by atoms with Crippen LogP contribution in [0.15, 0.2) is 17.6 Å². The predicted molar refractivity (Wildman–Crippen MR) is 89.3 cm³/mol. The quantitative estimate of drug-likeness (QED) is 0.920. The van der Waals surface area contributed by atoms with Crippen LogP contribution in [0.4, 0.5) is 0 Å². The third-order valence-corrected chi connectivity index (χ3v) is 6.22. The standard InChI is InChI=1S/C17H18N4OS/c1-10-16(11-2-4-21(10)5-3-11)20-17(22)14-6-13-12(7-18)9-23-15(13)8-19-14/h6,8-11,16H,2-5H2,1H3,(H,20,22)/t10-,16-/m0/s1. The van der Waals surface area contributed by atoms with Crippen molar-refractivity contribution < 1.29 is 4.79 Å². The minimum absolute atomic E-state index is 0.132. The number of carbonyl (C=O) groups is 1. The molecular weight excluding hydrogens is 308 g/mol. The van der Waals surface area contributed by atoms with E-state index in [4.69, 9.17) is 5.26 Å². The van der Waals surface area contributed by atoms with E-state index in [9.17, 15) is 4.79 Å². The molecule has 2 atom stereocenters. The number of nitriles is 1. The van der Waals surface area contributed by atoms with Gasteiger partial charge in [0.2, 0.25) is 0 Å². The number of piperidine rings is 3. The maximum atomic E-state index is 12.6. The van der Waals surface area contributed by atoms with Crippen LogP contribution in [0.1, 0.15) is 35.8 Å². The number of hydrogen-bond acceptors (Lipinski definition) is 5. The molecule has 5 heterocycles. The summed E-state index contributed by atoms with van der Waals surface area (Å²) in [5.41, 5.74) is 1.01. The molecule has 2 bridgehead atoms. The number of amides is 1. The Kier molecular flexibility index (Phi) is 3.55. The highest BCUT2D eigenvalue weighted by atomic mass is 32.1. The van der Waals surface area contributed by atoms with Crippen LogP contribution in [0.2, 0.25) is 0 Å². The van der Waals surface area contributed by atoms with Crippen molar-refractivity contribution in [1.29, 1.82) is 5.26 Å². The van der Waals surface area contributed by atoms with E-state index in [-0.39, 0.29) is 11.9 Å². The zero-order valence-corrected chi connectivity index (χ0v) is 13.8. The van der Waals surface area contributed by atoms with E-state index in [2.05, 4.69) is 28.2 Å². The summed E-state index contributed by atoms with van der Waals surface area (Å²) >= 11 is 1.48. The molecule has 3 aliphatic heterocycles. The first kappa shape index (κ1) is 14.6. The average Bonchev–Trinajstić information content (AvgIpc) is 3.00. The van der Waals surface area contributed by atoms with Gasteiger partial charge < -0.3 is 5.32 Å². The van der Waals surface area contributed by atoms with Gasteiger partial charge in [0.05, 0.1) is 10.3 Å². The fourth-order valence-electron chi connectivity index (χ4n) is 3.91. The molecule has 5 nitrogen and oxygen atoms in total. The summed E-state index contributed by atoms with van der Waals surface area (Å²) in [5, 5.41) is 15.0. The zero-order chi connectivity index (χ0) is 16.0. The van der Waals surface area contributed by atoms with E-state index in [1.807, 2.05) is 5.38 Å². The van der Waals surface area contributed by atoms with Crippen LogP contribution in [0.5, 0.6) is 0 Å². The van der Waals surface area contributed by atoms with Crippen molar-refractivity contribution in [2.45, 2.75) is 31.8 Å². The van der Waals surface area contributed by atoms with Gasteiger partial charge in [-0.2, -0.15) is 5.26 Å². The number of fused-ring (bicyclic) bond motifs is 4. The predicted octanol–water partition coefficient (Wildman–Crippen LogP) is 2.38. The van der Waals surface area contributed by atoms with Gasteiger partial charge in [0.15, 0.2) is 0 Å². The lowest BCUT2D eigenvalue weighted by atomic mass is 9.79. The number of aromatic nitrogens is 1. The van der Waals surface area contributed by atoms with Gasteiger partial charge in [-0.3, -0.25) is 9.69 Å². The molecule has 1 N–H and O–H groups in total. The van der Waals surface area contributed by atoms with Gasteiger partial charge in [0.25, 0.3) is 5.91 Å². The van der Waals surface area contributed by atoms with Gasteiger partial charge in [-0.15, -0.1) is 11.3 Å². The third-order valence-electron chi connectivity index (χ3n) is 5.29. The van der Waals surface area contributed by atoms with Crippen molar-refractivity contribution in [3.63, 3.8) is 0 Å². The topological polar surface area (TPSA) is 69.0 Å². The summed E-state index contributed by atoms with van der Waals surface area (Å²) in [5.74, 6) is 0.436. The molecule has 118 valence electrons. The van der Waals surface area contributed by atoms with Crippen molar-refractivity contribution in [3.8, 4) is 6.07 Å². The number of nitrogens with zero attached hydrogens (tertiary/aromatic N) is 3.